The number of amides is 1. The third-order valence-corrected chi connectivity index (χ3v) is 4.96. The molecule has 0 atom stereocenters. The second-order valence-corrected chi connectivity index (χ2v) is 7.40. The van der Waals surface area contributed by atoms with Crippen LogP contribution in [0.5, 0.6) is 5.75 Å². The largest absolute Gasteiger partial charge is 0.483 e. The van der Waals surface area contributed by atoms with Crippen molar-refractivity contribution >= 4 is 32.6 Å². The van der Waals surface area contributed by atoms with E-state index in [9.17, 15) is 4.79 Å². The fourth-order valence-electron chi connectivity index (χ4n) is 2.83. The maximum atomic E-state index is 12.2. The van der Waals surface area contributed by atoms with Crippen LogP contribution in [0.1, 0.15) is 30.9 Å². The molecule has 1 N–H and O–H groups in total. The zero-order valence-electron chi connectivity index (χ0n) is 15.0. The lowest BCUT2D eigenvalue weighted by molar-refractivity contribution is -0.123. The summed E-state index contributed by atoms with van der Waals surface area (Å²) >= 11 is 3.51. The van der Waals surface area contributed by atoms with Crippen molar-refractivity contribution in [2.24, 2.45) is 0 Å². The maximum absolute atomic E-state index is 12.2. The molecule has 0 fully saturated rings. The Morgan fingerprint density at radius 1 is 1.08 bits per heavy atom. The van der Waals surface area contributed by atoms with E-state index in [1.807, 2.05) is 42.5 Å². The van der Waals surface area contributed by atoms with E-state index in [1.54, 1.807) is 0 Å². The van der Waals surface area contributed by atoms with Gasteiger partial charge in [-0.1, -0.05) is 62.4 Å². The van der Waals surface area contributed by atoms with E-state index in [4.69, 9.17) is 4.74 Å². The molecule has 3 rings (SSSR count). The minimum atomic E-state index is -0.141. The normalized spacial score (nSPS) is 10.9. The van der Waals surface area contributed by atoms with Crippen molar-refractivity contribution in [2.45, 2.75) is 26.3 Å². The summed E-state index contributed by atoms with van der Waals surface area (Å²) in [7, 11) is 0. The molecule has 0 bridgehead atoms. The number of halogens is 1. The van der Waals surface area contributed by atoms with Gasteiger partial charge in [0.05, 0.1) is 4.47 Å². The van der Waals surface area contributed by atoms with E-state index in [1.165, 1.54) is 10.9 Å². The van der Waals surface area contributed by atoms with E-state index in [2.05, 4.69) is 53.3 Å². The lowest BCUT2D eigenvalue weighted by Crippen LogP contribution is -2.28. The van der Waals surface area contributed by atoms with Crippen molar-refractivity contribution in [1.82, 2.24) is 5.32 Å². The third-order valence-electron chi connectivity index (χ3n) is 4.34. The summed E-state index contributed by atoms with van der Waals surface area (Å²) in [5.74, 6) is 0.983. The lowest BCUT2D eigenvalue weighted by Gasteiger charge is -2.12. The molecule has 0 aromatic heterocycles. The molecule has 0 spiro atoms. The van der Waals surface area contributed by atoms with Gasteiger partial charge in [-0.25, -0.2) is 0 Å². The van der Waals surface area contributed by atoms with Crippen LogP contribution < -0.4 is 10.1 Å². The van der Waals surface area contributed by atoms with Crippen LogP contribution in [0.15, 0.2) is 65.1 Å². The number of hydrogen-bond acceptors (Lipinski definition) is 2. The Balaban J connectivity index is 1.58. The predicted octanol–water partition coefficient (Wildman–Crippen LogP) is 5.42. The summed E-state index contributed by atoms with van der Waals surface area (Å²) in [5, 5.41) is 5.26. The van der Waals surface area contributed by atoms with Gasteiger partial charge in [-0.05, 0) is 55.9 Å². The highest BCUT2D eigenvalue weighted by molar-refractivity contribution is 9.10. The predicted molar refractivity (Wildman–Crippen MR) is 110 cm³/mol. The lowest BCUT2D eigenvalue weighted by atomic mass is 10.0. The number of carbonyl (C=O) groups excluding carboxylic acids is 1. The van der Waals surface area contributed by atoms with Crippen molar-refractivity contribution in [3.8, 4) is 5.75 Å². The highest BCUT2D eigenvalue weighted by atomic mass is 79.9. The van der Waals surface area contributed by atoms with Gasteiger partial charge in [0.2, 0.25) is 0 Å². The molecule has 0 saturated carbocycles. The van der Waals surface area contributed by atoms with Gasteiger partial charge >= 0.3 is 0 Å². The summed E-state index contributed by atoms with van der Waals surface area (Å²) in [4.78, 5) is 12.2. The molecule has 26 heavy (non-hydrogen) atoms. The fourth-order valence-corrected chi connectivity index (χ4v) is 3.34. The summed E-state index contributed by atoms with van der Waals surface area (Å²) in [5.41, 5.74) is 2.32. The van der Waals surface area contributed by atoms with Crippen LogP contribution in [-0.2, 0) is 11.3 Å². The zero-order chi connectivity index (χ0) is 18.5. The van der Waals surface area contributed by atoms with Crippen LogP contribution in [0.3, 0.4) is 0 Å². The second-order valence-electron chi connectivity index (χ2n) is 6.55. The summed E-state index contributed by atoms with van der Waals surface area (Å²) in [6.07, 6.45) is 0. The first kappa shape index (κ1) is 18.5. The quantitative estimate of drug-likeness (QED) is 0.587. The first-order valence-corrected chi connectivity index (χ1v) is 9.49. The number of rotatable bonds is 6. The molecule has 0 aliphatic carbocycles. The minimum absolute atomic E-state index is 0.00953. The fraction of sp³-hybridized carbons (Fsp3) is 0.227. The van der Waals surface area contributed by atoms with E-state index >= 15 is 0 Å². The van der Waals surface area contributed by atoms with Gasteiger partial charge in [0.1, 0.15) is 5.75 Å². The highest BCUT2D eigenvalue weighted by Gasteiger charge is 2.09. The van der Waals surface area contributed by atoms with E-state index < -0.39 is 0 Å². The third kappa shape index (κ3) is 4.44. The van der Waals surface area contributed by atoms with Crippen molar-refractivity contribution in [3.05, 3.63) is 76.3 Å². The van der Waals surface area contributed by atoms with Crippen LogP contribution in [0.2, 0.25) is 0 Å². The number of fused-ring (bicyclic) bond motifs is 1. The molecular weight excluding hydrogens is 390 g/mol. The van der Waals surface area contributed by atoms with Crippen LogP contribution in [0.4, 0.5) is 0 Å². The molecule has 4 heteroatoms. The molecule has 3 nitrogen and oxygen atoms in total. The van der Waals surface area contributed by atoms with Gasteiger partial charge in [0.15, 0.2) is 6.61 Å². The number of carbonyl (C=O) groups is 1. The number of benzene rings is 3. The van der Waals surface area contributed by atoms with Gasteiger partial charge in [0, 0.05) is 6.54 Å². The average Bonchev–Trinajstić information content (AvgIpc) is 2.65. The summed E-state index contributed by atoms with van der Waals surface area (Å²) in [6, 6.07) is 20.2. The molecule has 0 heterocycles. The minimum Gasteiger partial charge on any atom is -0.483 e. The van der Waals surface area contributed by atoms with Crippen molar-refractivity contribution in [3.63, 3.8) is 0 Å². The van der Waals surface area contributed by atoms with Gasteiger partial charge in [0.25, 0.3) is 5.91 Å². The topological polar surface area (TPSA) is 38.3 Å². The molecule has 0 aliphatic heterocycles. The highest BCUT2D eigenvalue weighted by Crippen LogP contribution is 2.28. The summed E-state index contributed by atoms with van der Waals surface area (Å²) < 4.78 is 6.52. The molecule has 0 unspecified atom stereocenters. The van der Waals surface area contributed by atoms with Crippen LogP contribution >= 0.6 is 15.9 Å². The Morgan fingerprint density at radius 2 is 1.85 bits per heavy atom. The Labute approximate surface area is 162 Å². The number of nitrogens with one attached hydrogen (secondary N) is 1. The zero-order valence-corrected chi connectivity index (χ0v) is 16.5. The van der Waals surface area contributed by atoms with Crippen LogP contribution in [0.25, 0.3) is 10.8 Å². The number of hydrogen-bond donors (Lipinski definition) is 1. The van der Waals surface area contributed by atoms with E-state index in [0.29, 0.717) is 18.2 Å². The molecular formula is C22H22BrNO2. The molecule has 3 aromatic carbocycles. The Kier molecular flexibility index (Phi) is 5.94. The van der Waals surface area contributed by atoms with Gasteiger partial charge in [-0.15, -0.1) is 0 Å². The first-order valence-electron chi connectivity index (χ1n) is 8.70. The van der Waals surface area contributed by atoms with Crippen molar-refractivity contribution in [1.29, 1.82) is 0 Å². The SMILES string of the molecule is CC(C)c1ccc(OCC(=O)NCc2cccc3ccccc23)c(Br)c1. The summed E-state index contributed by atoms with van der Waals surface area (Å²) in [6.45, 7) is 4.76. The van der Waals surface area contributed by atoms with Crippen molar-refractivity contribution < 1.29 is 9.53 Å². The molecule has 1 amide bonds. The number of ether oxygens (including phenoxy) is 1. The molecule has 0 aliphatic rings. The Bertz CT molecular complexity index is 916. The average molecular weight is 412 g/mol. The monoisotopic (exact) mass is 411 g/mol. The smallest absolute Gasteiger partial charge is 0.258 e. The molecule has 3 aromatic rings. The molecule has 0 radical (unpaired) electrons. The molecule has 134 valence electrons. The van der Waals surface area contributed by atoms with Crippen LogP contribution in [0, 0.1) is 0 Å². The standard InChI is InChI=1S/C22H22BrNO2/c1-15(2)17-10-11-21(20(23)12-17)26-14-22(25)24-13-18-8-5-7-16-6-3-4-9-19(16)18/h3-12,15H,13-14H2,1-2H3,(H,24,25). The maximum Gasteiger partial charge on any atom is 0.258 e. The van der Waals surface area contributed by atoms with E-state index in [-0.39, 0.29) is 12.5 Å². The van der Waals surface area contributed by atoms with Gasteiger partial charge < -0.3 is 10.1 Å². The Morgan fingerprint density at radius 3 is 2.62 bits per heavy atom. The van der Waals surface area contributed by atoms with Gasteiger partial charge in [-0.3, -0.25) is 4.79 Å². The van der Waals surface area contributed by atoms with Gasteiger partial charge in [-0.2, -0.15) is 0 Å². The molecule has 0 saturated heterocycles. The van der Waals surface area contributed by atoms with Crippen molar-refractivity contribution in [2.75, 3.05) is 6.61 Å². The van der Waals surface area contributed by atoms with E-state index in [0.717, 1.165) is 15.4 Å². The first-order chi connectivity index (χ1) is 12.5. The second kappa shape index (κ2) is 8.37. The van der Waals surface area contributed by atoms with Crippen LogP contribution in [-0.4, -0.2) is 12.5 Å². The Hall–Kier alpha value is -2.33.